The first-order chi connectivity index (χ1) is 13.3. The van der Waals surface area contributed by atoms with Crippen LogP contribution in [0.4, 0.5) is 9.41 Å². The average molecular weight is 443 g/mol. The number of halogens is 2. The summed E-state index contributed by atoms with van der Waals surface area (Å²) in [6.07, 6.45) is 19.8. The highest BCUT2D eigenvalue weighted by molar-refractivity contribution is 4.95. The lowest BCUT2D eigenvalue weighted by Crippen LogP contribution is -2.71. The van der Waals surface area contributed by atoms with Crippen LogP contribution >= 0.6 is 0 Å². The molecular formula is C23H52F2N2O3. The molecule has 0 saturated carbocycles. The lowest BCUT2D eigenvalue weighted by Gasteiger charge is -2.40. The van der Waals surface area contributed by atoms with Gasteiger partial charge >= 0.3 is 0 Å². The third-order valence-corrected chi connectivity index (χ3v) is 6.07. The maximum absolute atomic E-state index is 10.1. The highest BCUT2D eigenvalue weighted by Gasteiger charge is 2.47. The Labute approximate surface area is 183 Å². The van der Waals surface area contributed by atoms with Crippen LogP contribution < -0.4 is 11.5 Å². The van der Waals surface area contributed by atoms with E-state index in [9.17, 15) is 15.3 Å². The number of rotatable bonds is 20. The van der Waals surface area contributed by atoms with E-state index in [1.54, 1.807) is 6.92 Å². The molecule has 0 saturated heterocycles. The van der Waals surface area contributed by atoms with Crippen molar-refractivity contribution in [2.45, 2.75) is 147 Å². The Kier molecular flexibility index (Phi) is 23.5. The van der Waals surface area contributed by atoms with Crippen molar-refractivity contribution >= 4 is 0 Å². The molecule has 0 aromatic carbocycles. The standard InChI is InChI=1S/C23H50N2O3.2FH/c1-3-5-6-7-8-9-10-11-12-13-14-15-16-17-18-19-20-21(26)23(25,28)22(24,27)4-2;;/h21,26-28H,3-20,24-25H2,1-2H3;2*1H. The minimum absolute atomic E-state index is 0. The molecule has 5 nitrogen and oxygen atoms in total. The molecule has 0 aromatic heterocycles. The molecule has 0 spiro atoms. The Morgan fingerprint density at radius 1 is 0.600 bits per heavy atom. The van der Waals surface area contributed by atoms with E-state index in [1.165, 1.54) is 83.5 Å². The third-order valence-electron chi connectivity index (χ3n) is 6.07. The van der Waals surface area contributed by atoms with Gasteiger partial charge in [-0.3, -0.25) is 20.9 Å². The fraction of sp³-hybridized carbons (Fsp3) is 1.00. The third kappa shape index (κ3) is 15.5. The molecule has 30 heavy (non-hydrogen) atoms. The highest BCUT2D eigenvalue weighted by atomic mass is 19.0. The molecule has 0 heterocycles. The van der Waals surface area contributed by atoms with Crippen LogP contribution in [0.1, 0.15) is 129 Å². The van der Waals surface area contributed by atoms with Crippen molar-refractivity contribution in [2.75, 3.05) is 0 Å². The van der Waals surface area contributed by atoms with Gasteiger partial charge in [0.2, 0.25) is 0 Å². The van der Waals surface area contributed by atoms with E-state index < -0.39 is 17.6 Å². The summed E-state index contributed by atoms with van der Waals surface area (Å²) in [4.78, 5) is 0. The monoisotopic (exact) mass is 442 g/mol. The first kappa shape index (κ1) is 34.3. The van der Waals surface area contributed by atoms with Crippen LogP contribution in [0.3, 0.4) is 0 Å². The van der Waals surface area contributed by atoms with Gasteiger partial charge in [-0.25, -0.2) is 0 Å². The summed E-state index contributed by atoms with van der Waals surface area (Å²) in [5.74, 6) is 0. The number of hydrogen-bond donors (Lipinski definition) is 5. The summed E-state index contributed by atoms with van der Waals surface area (Å²) < 4.78 is 0. The topological polar surface area (TPSA) is 113 Å². The van der Waals surface area contributed by atoms with E-state index >= 15 is 0 Å². The average Bonchev–Trinajstić information content (AvgIpc) is 2.67. The molecule has 7 heteroatoms. The second-order valence-electron chi connectivity index (χ2n) is 8.71. The van der Waals surface area contributed by atoms with Crippen LogP contribution in [0, 0.1) is 0 Å². The van der Waals surface area contributed by atoms with Gasteiger partial charge < -0.3 is 15.3 Å². The molecule has 0 amide bonds. The zero-order chi connectivity index (χ0) is 21.3. The number of hydrogen-bond acceptors (Lipinski definition) is 5. The molecule has 0 aliphatic carbocycles. The van der Waals surface area contributed by atoms with E-state index in [-0.39, 0.29) is 15.8 Å². The first-order valence-corrected chi connectivity index (χ1v) is 12.0. The van der Waals surface area contributed by atoms with Crippen LogP contribution in [0.15, 0.2) is 0 Å². The Morgan fingerprint density at radius 3 is 1.20 bits per heavy atom. The van der Waals surface area contributed by atoms with Gasteiger partial charge in [-0.1, -0.05) is 117 Å². The fourth-order valence-corrected chi connectivity index (χ4v) is 3.68. The van der Waals surface area contributed by atoms with Crippen molar-refractivity contribution in [1.29, 1.82) is 0 Å². The molecule has 0 aromatic rings. The molecule has 0 rings (SSSR count). The quantitative estimate of drug-likeness (QED) is 0.134. The molecule has 3 unspecified atom stereocenters. The van der Waals surface area contributed by atoms with Crippen molar-refractivity contribution in [3.05, 3.63) is 0 Å². The Morgan fingerprint density at radius 2 is 0.900 bits per heavy atom. The summed E-state index contributed by atoms with van der Waals surface area (Å²) in [5, 5.41) is 30.0. The van der Waals surface area contributed by atoms with E-state index in [0.29, 0.717) is 6.42 Å². The first-order valence-electron chi connectivity index (χ1n) is 12.0. The van der Waals surface area contributed by atoms with Crippen molar-refractivity contribution in [2.24, 2.45) is 11.5 Å². The summed E-state index contributed by atoms with van der Waals surface area (Å²) in [5.41, 5.74) is 7.08. The maximum Gasteiger partial charge on any atom is 0.182 e. The Bertz CT molecular complexity index is 359. The zero-order valence-electron chi connectivity index (χ0n) is 19.6. The summed E-state index contributed by atoms with van der Waals surface area (Å²) in [6.45, 7) is 3.89. The van der Waals surface area contributed by atoms with Crippen molar-refractivity contribution in [3.8, 4) is 0 Å². The summed E-state index contributed by atoms with van der Waals surface area (Å²) in [7, 11) is 0. The largest absolute Gasteiger partial charge is 0.389 e. The number of nitrogens with two attached hydrogens (primary N) is 2. The zero-order valence-corrected chi connectivity index (χ0v) is 19.6. The maximum atomic E-state index is 10.1. The van der Waals surface area contributed by atoms with Crippen molar-refractivity contribution in [1.82, 2.24) is 0 Å². The molecule has 0 aliphatic rings. The van der Waals surface area contributed by atoms with Crippen LogP contribution in [0.5, 0.6) is 0 Å². The van der Waals surface area contributed by atoms with Gasteiger partial charge in [0.05, 0.1) is 0 Å². The van der Waals surface area contributed by atoms with Crippen LogP contribution in [0.2, 0.25) is 0 Å². The molecule has 3 atom stereocenters. The second kappa shape index (κ2) is 20.6. The molecule has 0 bridgehead atoms. The number of aliphatic hydroxyl groups excluding tert-OH is 1. The van der Waals surface area contributed by atoms with Gasteiger partial charge in [0, 0.05) is 0 Å². The highest BCUT2D eigenvalue weighted by Crippen LogP contribution is 2.23. The Balaban J connectivity index is -0.00000364. The number of aliphatic hydroxyl groups is 3. The van der Waals surface area contributed by atoms with Gasteiger partial charge in [-0.05, 0) is 12.8 Å². The van der Waals surface area contributed by atoms with Crippen molar-refractivity contribution in [3.63, 3.8) is 0 Å². The molecule has 7 N–H and O–H groups in total. The van der Waals surface area contributed by atoms with Gasteiger partial charge in [0.1, 0.15) is 6.10 Å². The normalized spacial score (nSPS) is 16.1. The van der Waals surface area contributed by atoms with Crippen molar-refractivity contribution < 1.29 is 24.7 Å². The van der Waals surface area contributed by atoms with Gasteiger partial charge in [0.25, 0.3) is 0 Å². The number of unbranched alkanes of at least 4 members (excludes halogenated alkanes) is 15. The second-order valence-corrected chi connectivity index (χ2v) is 8.71. The van der Waals surface area contributed by atoms with Crippen LogP contribution in [0.25, 0.3) is 0 Å². The lowest BCUT2D eigenvalue weighted by molar-refractivity contribution is -0.200. The molecule has 0 aliphatic heterocycles. The van der Waals surface area contributed by atoms with Crippen LogP contribution in [-0.2, 0) is 0 Å². The minimum atomic E-state index is -2.17. The summed E-state index contributed by atoms with van der Waals surface area (Å²) in [6, 6.07) is 0. The summed E-state index contributed by atoms with van der Waals surface area (Å²) >= 11 is 0. The van der Waals surface area contributed by atoms with E-state index in [0.717, 1.165) is 19.3 Å². The molecule has 0 radical (unpaired) electrons. The lowest BCUT2D eigenvalue weighted by atomic mass is 9.89. The van der Waals surface area contributed by atoms with Gasteiger partial charge in [-0.2, -0.15) is 0 Å². The van der Waals surface area contributed by atoms with Gasteiger partial charge in [0.15, 0.2) is 11.4 Å². The molecule has 186 valence electrons. The SMILES string of the molecule is CCCCCCCCCCCCCCCCCCC(O)C(N)(O)C(N)(O)CC.F.F. The van der Waals surface area contributed by atoms with E-state index in [1.807, 2.05) is 0 Å². The fourth-order valence-electron chi connectivity index (χ4n) is 3.68. The molecule has 0 fully saturated rings. The minimum Gasteiger partial charge on any atom is -0.389 e. The predicted octanol–water partition coefficient (Wildman–Crippen LogP) is 5.01. The van der Waals surface area contributed by atoms with Gasteiger partial charge in [-0.15, -0.1) is 0 Å². The van der Waals surface area contributed by atoms with E-state index in [2.05, 4.69) is 6.92 Å². The Hall–Kier alpha value is -0.340. The molecular weight excluding hydrogens is 390 g/mol. The van der Waals surface area contributed by atoms with Crippen LogP contribution in [-0.4, -0.2) is 32.9 Å². The van der Waals surface area contributed by atoms with E-state index in [4.69, 9.17) is 11.5 Å². The predicted molar refractivity (Wildman–Crippen MR) is 124 cm³/mol. The smallest absolute Gasteiger partial charge is 0.182 e.